The highest BCUT2D eigenvalue weighted by Crippen LogP contribution is 2.34. The summed E-state index contributed by atoms with van der Waals surface area (Å²) < 4.78 is 1.32. The van der Waals surface area contributed by atoms with Crippen LogP contribution < -0.4 is 5.32 Å². The molecule has 1 saturated heterocycles. The number of hydrogen-bond donors (Lipinski definition) is 2. The van der Waals surface area contributed by atoms with Gasteiger partial charge < -0.3 is 10.4 Å². The monoisotopic (exact) mass is 404 g/mol. The maximum absolute atomic E-state index is 11.9. The number of nitrogens with zero attached hydrogens (tertiary/aromatic N) is 1. The molecule has 1 heterocycles. The molecular formula is C14H18Br2N2O2. The third-order valence-corrected chi connectivity index (χ3v) is 4.83. The minimum absolute atomic E-state index is 0.0555. The summed E-state index contributed by atoms with van der Waals surface area (Å²) in [7, 11) is 1.68. The molecule has 1 aliphatic rings. The molecule has 0 saturated carbocycles. The summed E-state index contributed by atoms with van der Waals surface area (Å²) in [5.41, 5.74) is 1.07. The Labute approximate surface area is 135 Å². The van der Waals surface area contributed by atoms with Gasteiger partial charge in [-0.05, 0) is 68.9 Å². The van der Waals surface area contributed by atoms with Crippen LogP contribution in [0.25, 0.3) is 0 Å². The number of benzene rings is 1. The molecule has 1 aliphatic heterocycles. The van der Waals surface area contributed by atoms with Gasteiger partial charge >= 0.3 is 0 Å². The smallest absolute Gasteiger partial charge is 0.237 e. The average molecular weight is 406 g/mol. The van der Waals surface area contributed by atoms with Crippen molar-refractivity contribution in [1.82, 2.24) is 10.2 Å². The van der Waals surface area contributed by atoms with E-state index in [1.807, 2.05) is 12.1 Å². The van der Waals surface area contributed by atoms with E-state index in [0.717, 1.165) is 31.4 Å². The maximum atomic E-state index is 11.9. The standard InChI is InChI=1S/C14H18Br2N2O2/c1-17-14(20)12-4-2-3-5-18(12)8-9-6-10(15)13(19)11(16)7-9/h6-7,12,19H,2-5,8H2,1H3,(H,17,20). The zero-order valence-electron chi connectivity index (χ0n) is 11.3. The lowest BCUT2D eigenvalue weighted by Gasteiger charge is -2.34. The van der Waals surface area contributed by atoms with Gasteiger partial charge in [0.25, 0.3) is 0 Å². The molecule has 2 N–H and O–H groups in total. The van der Waals surface area contributed by atoms with Gasteiger partial charge in [-0.3, -0.25) is 9.69 Å². The molecule has 1 fully saturated rings. The molecule has 1 atom stereocenters. The van der Waals surface area contributed by atoms with Crippen LogP contribution in [0.1, 0.15) is 24.8 Å². The van der Waals surface area contributed by atoms with Crippen LogP contribution in [0.5, 0.6) is 5.75 Å². The Morgan fingerprint density at radius 1 is 1.40 bits per heavy atom. The van der Waals surface area contributed by atoms with Crippen molar-refractivity contribution in [3.8, 4) is 5.75 Å². The summed E-state index contributed by atoms with van der Waals surface area (Å²) in [6, 6.07) is 3.74. The van der Waals surface area contributed by atoms with E-state index >= 15 is 0 Å². The highest BCUT2D eigenvalue weighted by atomic mass is 79.9. The fraction of sp³-hybridized carbons (Fsp3) is 0.500. The van der Waals surface area contributed by atoms with Crippen LogP contribution in [0.3, 0.4) is 0 Å². The molecule has 4 nitrogen and oxygen atoms in total. The van der Waals surface area contributed by atoms with Gasteiger partial charge in [-0.1, -0.05) is 6.42 Å². The zero-order valence-corrected chi connectivity index (χ0v) is 14.5. The van der Waals surface area contributed by atoms with E-state index in [2.05, 4.69) is 42.1 Å². The third-order valence-electron chi connectivity index (χ3n) is 3.63. The second kappa shape index (κ2) is 6.91. The molecule has 20 heavy (non-hydrogen) atoms. The largest absolute Gasteiger partial charge is 0.506 e. The number of phenolic OH excluding ortho intramolecular Hbond substituents is 1. The van der Waals surface area contributed by atoms with E-state index in [1.165, 1.54) is 0 Å². The Kier molecular flexibility index (Phi) is 5.46. The van der Waals surface area contributed by atoms with Crippen LogP contribution >= 0.6 is 31.9 Å². The molecule has 110 valence electrons. The summed E-state index contributed by atoms with van der Waals surface area (Å²) in [6.45, 7) is 1.63. The van der Waals surface area contributed by atoms with Crippen LogP contribution in [-0.2, 0) is 11.3 Å². The van der Waals surface area contributed by atoms with Gasteiger partial charge in [-0.25, -0.2) is 0 Å². The fourth-order valence-corrected chi connectivity index (χ4v) is 3.87. The van der Waals surface area contributed by atoms with Gasteiger partial charge in [-0.2, -0.15) is 0 Å². The van der Waals surface area contributed by atoms with Crippen LogP contribution in [0.15, 0.2) is 21.1 Å². The number of phenols is 1. The predicted molar refractivity (Wildman–Crippen MR) is 85.6 cm³/mol. The van der Waals surface area contributed by atoms with E-state index < -0.39 is 0 Å². The lowest BCUT2D eigenvalue weighted by atomic mass is 10.0. The van der Waals surface area contributed by atoms with Crippen LogP contribution in [-0.4, -0.2) is 35.5 Å². The number of carbonyl (C=O) groups excluding carboxylic acids is 1. The van der Waals surface area contributed by atoms with Crippen LogP contribution in [0, 0.1) is 0 Å². The Morgan fingerprint density at radius 3 is 2.65 bits per heavy atom. The summed E-state index contributed by atoms with van der Waals surface area (Å²) in [5.74, 6) is 0.289. The van der Waals surface area contributed by atoms with Crippen molar-refractivity contribution in [2.45, 2.75) is 31.8 Å². The minimum Gasteiger partial charge on any atom is -0.506 e. The number of rotatable bonds is 3. The number of piperidine rings is 1. The van der Waals surface area contributed by atoms with Gasteiger partial charge in [0.15, 0.2) is 0 Å². The number of hydrogen-bond acceptors (Lipinski definition) is 3. The molecule has 1 amide bonds. The number of aromatic hydroxyl groups is 1. The average Bonchev–Trinajstić information content (AvgIpc) is 2.44. The zero-order chi connectivity index (χ0) is 14.7. The van der Waals surface area contributed by atoms with E-state index in [-0.39, 0.29) is 17.7 Å². The van der Waals surface area contributed by atoms with E-state index in [0.29, 0.717) is 15.5 Å². The molecule has 1 aromatic rings. The predicted octanol–water partition coefficient (Wildman–Crippen LogP) is 3.02. The first-order chi connectivity index (χ1) is 9.52. The number of carbonyl (C=O) groups is 1. The number of likely N-dealkylation sites (N-methyl/N-ethyl adjacent to an activating group) is 1. The second-order valence-electron chi connectivity index (χ2n) is 5.00. The molecule has 0 spiro atoms. The summed E-state index contributed by atoms with van der Waals surface area (Å²) in [6.07, 6.45) is 3.12. The van der Waals surface area contributed by atoms with Gasteiger partial charge in [-0.15, -0.1) is 0 Å². The Balaban J connectivity index is 2.16. The van der Waals surface area contributed by atoms with Crippen molar-refractivity contribution in [2.75, 3.05) is 13.6 Å². The van der Waals surface area contributed by atoms with Crippen LogP contribution in [0.2, 0.25) is 0 Å². The van der Waals surface area contributed by atoms with Crippen molar-refractivity contribution in [3.05, 3.63) is 26.6 Å². The van der Waals surface area contributed by atoms with Crippen molar-refractivity contribution in [1.29, 1.82) is 0 Å². The normalized spacial score (nSPS) is 19.9. The van der Waals surface area contributed by atoms with Crippen molar-refractivity contribution in [2.24, 2.45) is 0 Å². The maximum Gasteiger partial charge on any atom is 0.237 e. The summed E-state index contributed by atoms with van der Waals surface area (Å²) >= 11 is 6.68. The van der Waals surface area contributed by atoms with Gasteiger partial charge in [0.05, 0.1) is 15.0 Å². The molecule has 0 radical (unpaired) electrons. The van der Waals surface area contributed by atoms with Crippen molar-refractivity contribution >= 4 is 37.8 Å². The lowest BCUT2D eigenvalue weighted by Crippen LogP contribution is -2.48. The molecule has 0 aliphatic carbocycles. The molecule has 6 heteroatoms. The Hall–Kier alpha value is -0.590. The third kappa shape index (κ3) is 3.54. The van der Waals surface area contributed by atoms with E-state index in [9.17, 15) is 9.90 Å². The number of halogens is 2. The molecular weight excluding hydrogens is 388 g/mol. The van der Waals surface area contributed by atoms with Crippen LogP contribution in [0.4, 0.5) is 0 Å². The quantitative estimate of drug-likeness (QED) is 0.812. The molecule has 1 aromatic carbocycles. The second-order valence-corrected chi connectivity index (χ2v) is 6.71. The van der Waals surface area contributed by atoms with Crippen molar-refractivity contribution in [3.63, 3.8) is 0 Å². The first-order valence-electron chi connectivity index (χ1n) is 6.65. The molecule has 1 unspecified atom stereocenters. The SMILES string of the molecule is CNC(=O)C1CCCCN1Cc1cc(Br)c(O)c(Br)c1. The molecule has 0 bridgehead atoms. The summed E-state index contributed by atoms with van der Waals surface area (Å²) in [4.78, 5) is 14.1. The number of amides is 1. The first-order valence-corrected chi connectivity index (χ1v) is 8.24. The Bertz CT molecular complexity index is 485. The molecule has 0 aromatic heterocycles. The summed E-state index contributed by atoms with van der Waals surface area (Å²) in [5, 5.41) is 12.5. The number of nitrogens with one attached hydrogen (secondary N) is 1. The first kappa shape index (κ1) is 15.8. The molecule has 2 rings (SSSR count). The van der Waals surface area contributed by atoms with E-state index in [4.69, 9.17) is 0 Å². The highest BCUT2D eigenvalue weighted by Gasteiger charge is 2.28. The topological polar surface area (TPSA) is 52.6 Å². The number of likely N-dealkylation sites (tertiary alicyclic amines) is 1. The van der Waals surface area contributed by atoms with Gasteiger partial charge in [0.2, 0.25) is 5.91 Å². The van der Waals surface area contributed by atoms with E-state index in [1.54, 1.807) is 7.05 Å². The van der Waals surface area contributed by atoms with Gasteiger partial charge in [0.1, 0.15) is 5.75 Å². The Morgan fingerprint density at radius 2 is 2.05 bits per heavy atom. The van der Waals surface area contributed by atoms with Crippen molar-refractivity contribution < 1.29 is 9.90 Å². The van der Waals surface area contributed by atoms with Gasteiger partial charge in [0, 0.05) is 13.6 Å². The highest BCUT2D eigenvalue weighted by molar-refractivity contribution is 9.11. The lowest BCUT2D eigenvalue weighted by molar-refractivity contribution is -0.127. The fourth-order valence-electron chi connectivity index (χ4n) is 2.59. The minimum atomic E-state index is -0.0555.